The summed E-state index contributed by atoms with van der Waals surface area (Å²) in [7, 11) is 0. The number of carbonyl (C=O) groups is 1. The summed E-state index contributed by atoms with van der Waals surface area (Å²) in [4.78, 5) is 16.6. The molecule has 18 heavy (non-hydrogen) atoms. The van der Waals surface area contributed by atoms with Gasteiger partial charge < -0.3 is 5.32 Å². The molecule has 1 amide bonds. The minimum Gasteiger partial charge on any atom is -0.346 e. The first-order valence-corrected chi connectivity index (χ1v) is 7.43. The molecule has 100 valence electrons. The number of aromatic nitrogens is 1. The minimum absolute atomic E-state index is 0.0387. The summed E-state index contributed by atoms with van der Waals surface area (Å²) >= 11 is 3.49. The van der Waals surface area contributed by atoms with Gasteiger partial charge in [0.25, 0.3) is 5.91 Å². The van der Waals surface area contributed by atoms with Crippen LogP contribution in [-0.4, -0.2) is 21.8 Å². The van der Waals surface area contributed by atoms with Gasteiger partial charge in [0.15, 0.2) is 0 Å². The second-order valence-corrected chi connectivity index (χ2v) is 5.22. The van der Waals surface area contributed by atoms with Crippen LogP contribution in [0.15, 0.2) is 12.1 Å². The molecule has 0 aliphatic rings. The van der Waals surface area contributed by atoms with Crippen LogP contribution >= 0.6 is 15.9 Å². The zero-order valence-electron chi connectivity index (χ0n) is 11.5. The Bertz CT molecular complexity index is 420. The minimum atomic E-state index is -0.172. The highest BCUT2D eigenvalue weighted by Gasteiger charge is 2.27. The van der Waals surface area contributed by atoms with Gasteiger partial charge in [0.05, 0.1) is 11.3 Å². The standard InChI is InChI=1S/C14H21BrN2O/c1-5-14(6-2,9-15)17-13(18)12-8-7-10(3)16-11(12)4/h7-8H,5-6,9H2,1-4H3,(H,17,18). The van der Waals surface area contributed by atoms with Crippen LogP contribution in [-0.2, 0) is 0 Å². The van der Waals surface area contributed by atoms with Gasteiger partial charge >= 0.3 is 0 Å². The molecule has 1 aromatic heterocycles. The smallest absolute Gasteiger partial charge is 0.253 e. The van der Waals surface area contributed by atoms with Crippen LogP contribution in [0.25, 0.3) is 0 Å². The van der Waals surface area contributed by atoms with Crippen LogP contribution in [0.1, 0.15) is 48.4 Å². The Balaban J connectivity index is 2.94. The molecule has 1 aromatic rings. The molecule has 0 unspecified atom stereocenters. The SMILES string of the molecule is CCC(CC)(CBr)NC(=O)c1ccc(C)nc1C. The monoisotopic (exact) mass is 312 g/mol. The predicted molar refractivity (Wildman–Crippen MR) is 78.3 cm³/mol. The van der Waals surface area contributed by atoms with Gasteiger partial charge in [0.2, 0.25) is 0 Å². The molecule has 1 N–H and O–H groups in total. The van der Waals surface area contributed by atoms with E-state index in [0.29, 0.717) is 5.56 Å². The highest BCUT2D eigenvalue weighted by atomic mass is 79.9. The van der Waals surface area contributed by atoms with E-state index in [9.17, 15) is 4.79 Å². The zero-order valence-corrected chi connectivity index (χ0v) is 13.1. The Morgan fingerprint density at radius 3 is 2.39 bits per heavy atom. The van der Waals surface area contributed by atoms with Crippen LogP contribution in [0.2, 0.25) is 0 Å². The number of nitrogens with zero attached hydrogens (tertiary/aromatic N) is 1. The lowest BCUT2D eigenvalue weighted by atomic mass is 9.95. The Hall–Kier alpha value is -0.900. The molecule has 0 saturated heterocycles. The topological polar surface area (TPSA) is 42.0 Å². The predicted octanol–water partition coefficient (Wildman–Crippen LogP) is 3.38. The fraction of sp³-hybridized carbons (Fsp3) is 0.571. The van der Waals surface area contributed by atoms with Gasteiger partial charge in [-0.2, -0.15) is 0 Å². The molecule has 0 fully saturated rings. The van der Waals surface area contributed by atoms with Crippen LogP contribution in [0.5, 0.6) is 0 Å². The van der Waals surface area contributed by atoms with E-state index in [0.717, 1.165) is 29.6 Å². The zero-order chi connectivity index (χ0) is 13.8. The van der Waals surface area contributed by atoms with Crippen LogP contribution in [0.3, 0.4) is 0 Å². The van der Waals surface area contributed by atoms with E-state index < -0.39 is 0 Å². The molecule has 3 nitrogen and oxygen atoms in total. The van der Waals surface area contributed by atoms with Crippen LogP contribution in [0.4, 0.5) is 0 Å². The van der Waals surface area contributed by atoms with E-state index in [4.69, 9.17) is 0 Å². The maximum Gasteiger partial charge on any atom is 0.253 e. The Kier molecular flexibility index (Phi) is 5.32. The third-order valence-corrected chi connectivity index (χ3v) is 4.53. The van der Waals surface area contributed by atoms with Gasteiger partial charge in [-0.25, -0.2) is 0 Å². The summed E-state index contributed by atoms with van der Waals surface area (Å²) in [6.07, 6.45) is 1.80. The fourth-order valence-electron chi connectivity index (χ4n) is 1.88. The van der Waals surface area contributed by atoms with Crippen molar-refractivity contribution in [2.24, 2.45) is 0 Å². The average Bonchev–Trinajstić information content (AvgIpc) is 2.36. The number of halogens is 1. The second kappa shape index (κ2) is 6.32. The van der Waals surface area contributed by atoms with Crippen molar-refractivity contribution in [3.05, 3.63) is 29.1 Å². The van der Waals surface area contributed by atoms with Crippen molar-refractivity contribution in [3.63, 3.8) is 0 Å². The van der Waals surface area contributed by atoms with E-state index in [1.807, 2.05) is 26.0 Å². The number of carbonyl (C=O) groups excluding carboxylic acids is 1. The van der Waals surface area contributed by atoms with Gasteiger partial charge in [0.1, 0.15) is 0 Å². The molecule has 0 atom stereocenters. The first kappa shape index (κ1) is 15.2. The van der Waals surface area contributed by atoms with Gasteiger partial charge in [-0.3, -0.25) is 9.78 Å². The van der Waals surface area contributed by atoms with Crippen LogP contribution in [0, 0.1) is 13.8 Å². The van der Waals surface area contributed by atoms with Crippen molar-refractivity contribution >= 4 is 21.8 Å². The largest absolute Gasteiger partial charge is 0.346 e. The summed E-state index contributed by atoms with van der Waals surface area (Å²) in [6, 6.07) is 3.72. The Labute approximate surface area is 118 Å². The lowest BCUT2D eigenvalue weighted by Gasteiger charge is -2.31. The first-order valence-electron chi connectivity index (χ1n) is 6.30. The number of aryl methyl sites for hydroxylation is 2. The number of pyridine rings is 1. The maximum atomic E-state index is 12.3. The average molecular weight is 313 g/mol. The molecule has 0 spiro atoms. The van der Waals surface area contributed by atoms with Crippen molar-refractivity contribution in [1.29, 1.82) is 0 Å². The number of alkyl halides is 1. The summed E-state index contributed by atoms with van der Waals surface area (Å²) in [5.74, 6) is -0.0387. The normalized spacial score (nSPS) is 11.4. The summed E-state index contributed by atoms with van der Waals surface area (Å²) < 4.78 is 0. The molecule has 0 aliphatic carbocycles. The number of nitrogens with one attached hydrogen (secondary N) is 1. The Morgan fingerprint density at radius 1 is 1.33 bits per heavy atom. The molecular weight excluding hydrogens is 292 g/mol. The van der Waals surface area contributed by atoms with E-state index in [2.05, 4.69) is 40.1 Å². The van der Waals surface area contributed by atoms with Gasteiger partial charge in [-0.15, -0.1) is 0 Å². The molecule has 4 heteroatoms. The second-order valence-electron chi connectivity index (χ2n) is 4.66. The van der Waals surface area contributed by atoms with E-state index >= 15 is 0 Å². The van der Waals surface area contributed by atoms with Crippen molar-refractivity contribution in [2.75, 3.05) is 5.33 Å². The Morgan fingerprint density at radius 2 is 1.94 bits per heavy atom. The molecule has 0 saturated carbocycles. The van der Waals surface area contributed by atoms with Crippen molar-refractivity contribution in [2.45, 2.75) is 46.1 Å². The highest BCUT2D eigenvalue weighted by Crippen LogP contribution is 2.19. The quantitative estimate of drug-likeness (QED) is 0.847. The molecule has 1 heterocycles. The molecule has 0 aromatic carbocycles. The lowest BCUT2D eigenvalue weighted by molar-refractivity contribution is 0.0902. The van der Waals surface area contributed by atoms with E-state index in [-0.39, 0.29) is 11.4 Å². The molecule has 1 rings (SSSR count). The first-order chi connectivity index (χ1) is 8.48. The van der Waals surface area contributed by atoms with Gasteiger partial charge in [-0.1, -0.05) is 29.8 Å². The third-order valence-electron chi connectivity index (χ3n) is 3.46. The summed E-state index contributed by atoms with van der Waals surface area (Å²) in [5.41, 5.74) is 2.20. The molecule has 0 radical (unpaired) electrons. The lowest BCUT2D eigenvalue weighted by Crippen LogP contribution is -2.49. The molecule has 0 bridgehead atoms. The van der Waals surface area contributed by atoms with Gasteiger partial charge in [0, 0.05) is 16.6 Å². The number of rotatable bonds is 5. The van der Waals surface area contributed by atoms with E-state index in [1.165, 1.54) is 0 Å². The number of amides is 1. The van der Waals surface area contributed by atoms with Crippen molar-refractivity contribution in [1.82, 2.24) is 10.3 Å². The number of hydrogen-bond acceptors (Lipinski definition) is 2. The number of hydrogen-bond donors (Lipinski definition) is 1. The molecule has 0 aliphatic heterocycles. The summed E-state index contributed by atoms with van der Waals surface area (Å²) in [5, 5.41) is 3.89. The maximum absolute atomic E-state index is 12.3. The van der Waals surface area contributed by atoms with Crippen molar-refractivity contribution < 1.29 is 4.79 Å². The van der Waals surface area contributed by atoms with E-state index in [1.54, 1.807) is 0 Å². The van der Waals surface area contributed by atoms with Gasteiger partial charge in [-0.05, 0) is 38.8 Å². The van der Waals surface area contributed by atoms with Crippen LogP contribution < -0.4 is 5.32 Å². The third kappa shape index (κ3) is 3.31. The molecular formula is C14H21BrN2O. The highest BCUT2D eigenvalue weighted by molar-refractivity contribution is 9.09. The fourth-order valence-corrected chi connectivity index (χ4v) is 2.82. The van der Waals surface area contributed by atoms with Crippen molar-refractivity contribution in [3.8, 4) is 0 Å². The summed E-state index contributed by atoms with van der Waals surface area (Å²) in [6.45, 7) is 7.97.